The first-order chi connectivity index (χ1) is 8.65. The van der Waals surface area contributed by atoms with Gasteiger partial charge >= 0.3 is 0 Å². The number of benzene rings is 2. The molecule has 0 aromatic heterocycles. The molecule has 3 nitrogen and oxygen atoms in total. The van der Waals surface area contributed by atoms with E-state index in [2.05, 4.69) is 15.9 Å². The van der Waals surface area contributed by atoms with Crippen LogP contribution >= 0.6 is 15.9 Å². The van der Waals surface area contributed by atoms with Crippen LogP contribution in [0, 0.1) is 0 Å². The van der Waals surface area contributed by atoms with Crippen LogP contribution in [0.3, 0.4) is 0 Å². The zero-order valence-electron chi connectivity index (χ0n) is 9.75. The molecule has 96 valence electrons. The molecule has 0 aliphatic carbocycles. The van der Waals surface area contributed by atoms with Crippen molar-refractivity contribution in [2.75, 3.05) is 5.33 Å². The Morgan fingerprint density at radius 1 is 1.00 bits per heavy atom. The van der Waals surface area contributed by atoms with Gasteiger partial charge in [0.05, 0.1) is 6.10 Å². The Balaban J connectivity index is 2.48. The Kier molecular flexibility index (Phi) is 4.22. The second-order valence-corrected chi connectivity index (χ2v) is 5.00. The molecule has 0 spiro atoms. The van der Waals surface area contributed by atoms with Crippen molar-refractivity contribution in [2.45, 2.75) is 18.6 Å². The van der Waals surface area contributed by atoms with Crippen molar-refractivity contribution in [3.05, 3.63) is 42.0 Å². The van der Waals surface area contributed by atoms with Gasteiger partial charge in [-0.25, -0.2) is 0 Å². The van der Waals surface area contributed by atoms with E-state index in [4.69, 9.17) is 0 Å². The molecular formula is C14H15BrO3. The van der Waals surface area contributed by atoms with Gasteiger partial charge in [-0.3, -0.25) is 0 Å². The van der Waals surface area contributed by atoms with Crippen LogP contribution in [0.25, 0.3) is 10.8 Å². The first kappa shape index (κ1) is 13.3. The third-order valence-corrected chi connectivity index (χ3v) is 3.48. The van der Waals surface area contributed by atoms with Crippen LogP contribution in [-0.4, -0.2) is 26.8 Å². The largest absolute Gasteiger partial charge is 0.507 e. The van der Waals surface area contributed by atoms with Crippen molar-refractivity contribution in [1.29, 1.82) is 0 Å². The summed E-state index contributed by atoms with van der Waals surface area (Å²) in [6.07, 6.45) is -1.30. The van der Waals surface area contributed by atoms with E-state index in [-0.39, 0.29) is 5.75 Å². The third-order valence-electron chi connectivity index (χ3n) is 3.02. The molecule has 0 saturated carbocycles. The van der Waals surface area contributed by atoms with Gasteiger partial charge in [-0.15, -0.1) is 0 Å². The maximum absolute atomic E-state index is 10.2. The number of hydrogen-bond acceptors (Lipinski definition) is 3. The van der Waals surface area contributed by atoms with Crippen molar-refractivity contribution in [1.82, 2.24) is 0 Å². The van der Waals surface area contributed by atoms with Crippen LogP contribution in [-0.2, 0) is 0 Å². The molecule has 0 radical (unpaired) electrons. The summed E-state index contributed by atoms with van der Waals surface area (Å²) in [5, 5.41) is 31.9. The molecule has 2 aromatic rings. The van der Waals surface area contributed by atoms with Crippen molar-refractivity contribution < 1.29 is 15.3 Å². The summed E-state index contributed by atoms with van der Waals surface area (Å²) < 4.78 is 0. The number of phenolic OH excluding ortho intramolecular Hbond substituents is 1. The molecular weight excluding hydrogens is 296 g/mol. The molecule has 0 fully saturated rings. The van der Waals surface area contributed by atoms with Gasteiger partial charge < -0.3 is 15.3 Å². The van der Waals surface area contributed by atoms with Gasteiger partial charge in [0.15, 0.2) is 0 Å². The lowest BCUT2D eigenvalue weighted by molar-refractivity contribution is 0.0182. The Hall–Kier alpha value is -1.10. The second-order valence-electron chi connectivity index (χ2n) is 4.21. The fourth-order valence-corrected chi connectivity index (χ4v) is 2.51. The number of aromatic hydroxyl groups is 1. The van der Waals surface area contributed by atoms with Crippen molar-refractivity contribution in [2.24, 2.45) is 0 Å². The number of aliphatic hydroxyl groups excluding tert-OH is 2. The van der Waals surface area contributed by atoms with E-state index >= 15 is 0 Å². The minimum absolute atomic E-state index is 0.177. The van der Waals surface area contributed by atoms with Crippen molar-refractivity contribution >= 4 is 26.7 Å². The number of rotatable bonds is 4. The maximum Gasteiger partial charge on any atom is 0.123 e. The first-order valence-electron chi connectivity index (χ1n) is 5.78. The molecule has 0 aliphatic heterocycles. The van der Waals surface area contributed by atoms with Gasteiger partial charge in [0, 0.05) is 10.7 Å². The molecule has 0 saturated heterocycles. The summed E-state index contributed by atoms with van der Waals surface area (Å²) in [4.78, 5) is 0. The topological polar surface area (TPSA) is 60.7 Å². The summed E-state index contributed by atoms with van der Waals surface area (Å²) in [6, 6.07) is 10.5. The number of alkyl halides is 1. The van der Waals surface area contributed by atoms with E-state index in [1.54, 1.807) is 18.2 Å². The number of hydrogen-bond donors (Lipinski definition) is 3. The molecule has 0 amide bonds. The molecule has 3 N–H and O–H groups in total. The molecule has 18 heavy (non-hydrogen) atoms. The molecule has 2 unspecified atom stereocenters. The first-order valence-corrected chi connectivity index (χ1v) is 6.90. The van der Waals surface area contributed by atoms with Crippen LogP contribution < -0.4 is 0 Å². The van der Waals surface area contributed by atoms with E-state index in [0.717, 1.165) is 5.39 Å². The van der Waals surface area contributed by atoms with Gasteiger partial charge in [0.25, 0.3) is 0 Å². The zero-order valence-corrected chi connectivity index (χ0v) is 11.3. The quantitative estimate of drug-likeness (QED) is 0.761. The van der Waals surface area contributed by atoms with Crippen LogP contribution in [0.1, 0.15) is 18.1 Å². The fourth-order valence-electron chi connectivity index (χ4n) is 2.04. The van der Waals surface area contributed by atoms with Gasteiger partial charge in [0.2, 0.25) is 0 Å². The molecule has 4 heteroatoms. The van der Waals surface area contributed by atoms with Crippen LogP contribution in [0.5, 0.6) is 5.75 Å². The SMILES string of the molecule is Oc1ccc(C(O)C(O)CCBr)c2ccccc12. The smallest absolute Gasteiger partial charge is 0.123 e. The summed E-state index contributed by atoms with van der Waals surface area (Å²) in [5.41, 5.74) is 0.636. The maximum atomic E-state index is 10.2. The van der Waals surface area contributed by atoms with Crippen molar-refractivity contribution in [3.63, 3.8) is 0 Å². The van der Waals surface area contributed by atoms with Gasteiger partial charge in [-0.05, 0) is 23.4 Å². The van der Waals surface area contributed by atoms with Gasteiger partial charge in [-0.1, -0.05) is 46.3 Å². The Morgan fingerprint density at radius 3 is 2.33 bits per heavy atom. The number of phenols is 1. The lowest BCUT2D eigenvalue weighted by atomic mass is 9.96. The average molecular weight is 311 g/mol. The van der Waals surface area contributed by atoms with E-state index in [9.17, 15) is 15.3 Å². The monoisotopic (exact) mass is 310 g/mol. The lowest BCUT2D eigenvalue weighted by Crippen LogP contribution is -2.18. The predicted octanol–water partition coefficient (Wildman–Crippen LogP) is 2.72. The number of aliphatic hydroxyl groups is 2. The fraction of sp³-hybridized carbons (Fsp3) is 0.286. The van der Waals surface area contributed by atoms with E-state index in [0.29, 0.717) is 22.7 Å². The second kappa shape index (κ2) is 5.69. The summed E-state index contributed by atoms with van der Waals surface area (Å²) >= 11 is 3.24. The molecule has 0 aliphatic rings. The highest BCUT2D eigenvalue weighted by atomic mass is 79.9. The van der Waals surface area contributed by atoms with E-state index < -0.39 is 12.2 Å². The number of halogens is 1. The minimum atomic E-state index is -0.951. The predicted molar refractivity (Wildman–Crippen MR) is 75.0 cm³/mol. The molecule has 0 heterocycles. The van der Waals surface area contributed by atoms with Crippen LogP contribution in [0.15, 0.2) is 36.4 Å². The highest BCUT2D eigenvalue weighted by Crippen LogP contribution is 2.32. The number of fused-ring (bicyclic) bond motifs is 1. The standard InChI is InChI=1S/C14H15BrO3/c15-8-7-13(17)14(18)11-5-6-12(16)10-4-2-1-3-9(10)11/h1-6,13-14,16-18H,7-8H2. The lowest BCUT2D eigenvalue weighted by Gasteiger charge is -2.19. The Bertz CT molecular complexity index is 542. The van der Waals surface area contributed by atoms with Gasteiger partial charge in [0.1, 0.15) is 11.9 Å². The zero-order chi connectivity index (χ0) is 13.1. The minimum Gasteiger partial charge on any atom is -0.507 e. The van der Waals surface area contributed by atoms with Crippen molar-refractivity contribution in [3.8, 4) is 5.75 Å². The van der Waals surface area contributed by atoms with Crippen LogP contribution in [0.2, 0.25) is 0 Å². The summed E-state index contributed by atoms with van der Waals surface area (Å²) in [7, 11) is 0. The van der Waals surface area contributed by atoms with Crippen LogP contribution in [0.4, 0.5) is 0 Å². The summed E-state index contributed by atoms with van der Waals surface area (Å²) in [5.74, 6) is 0.177. The van der Waals surface area contributed by atoms with E-state index in [1.165, 1.54) is 0 Å². The molecule has 2 aromatic carbocycles. The molecule has 0 bridgehead atoms. The van der Waals surface area contributed by atoms with E-state index in [1.807, 2.05) is 18.2 Å². The molecule has 2 atom stereocenters. The van der Waals surface area contributed by atoms with Gasteiger partial charge in [-0.2, -0.15) is 0 Å². The normalized spacial score (nSPS) is 14.6. The molecule has 2 rings (SSSR count). The highest BCUT2D eigenvalue weighted by Gasteiger charge is 2.20. The Morgan fingerprint density at radius 2 is 1.67 bits per heavy atom. The Labute approximate surface area is 114 Å². The average Bonchev–Trinajstić information content (AvgIpc) is 2.39. The highest BCUT2D eigenvalue weighted by molar-refractivity contribution is 9.09. The summed E-state index contributed by atoms with van der Waals surface area (Å²) in [6.45, 7) is 0. The third kappa shape index (κ3) is 2.51.